The highest BCUT2D eigenvalue weighted by Crippen LogP contribution is 2.24. The molecule has 2 N–H and O–H groups in total. The van der Waals surface area contributed by atoms with E-state index in [-0.39, 0.29) is 5.56 Å². The van der Waals surface area contributed by atoms with Gasteiger partial charge in [0, 0.05) is 5.39 Å². The number of nitrogens with one attached hydrogen (secondary N) is 1. The van der Waals surface area contributed by atoms with Crippen molar-refractivity contribution in [2.24, 2.45) is 0 Å². The highest BCUT2D eigenvalue weighted by molar-refractivity contribution is 6.35. The Labute approximate surface area is 102 Å². The summed E-state index contributed by atoms with van der Waals surface area (Å²) in [4.78, 5) is 25.3. The number of para-hydroxylation sites is 1. The zero-order chi connectivity index (χ0) is 12.6. The van der Waals surface area contributed by atoms with Crippen molar-refractivity contribution in [1.29, 1.82) is 0 Å². The number of aromatic carboxylic acids is 1. The van der Waals surface area contributed by atoms with E-state index >= 15 is 0 Å². The summed E-state index contributed by atoms with van der Waals surface area (Å²) in [5.41, 5.74) is 0.178. The van der Waals surface area contributed by atoms with Gasteiger partial charge in [-0.25, -0.2) is 4.79 Å². The number of hydrogen-bond donors (Lipinski definition) is 2. The van der Waals surface area contributed by atoms with Gasteiger partial charge in [-0.15, -0.1) is 0 Å². The van der Waals surface area contributed by atoms with E-state index < -0.39 is 11.5 Å². The van der Waals surface area contributed by atoms with Crippen LogP contribution in [0, 0.1) is 0 Å². The van der Waals surface area contributed by atoms with Gasteiger partial charge in [-0.05, 0) is 18.1 Å². The summed E-state index contributed by atoms with van der Waals surface area (Å²) < 4.78 is 0. The second-order valence-electron chi connectivity index (χ2n) is 3.63. The Hall–Kier alpha value is -1.81. The molecule has 2 rings (SSSR count). The number of aromatic amines is 1. The minimum absolute atomic E-state index is 0.206. The van der Waals surface area contributed by atoms with Crippen LogP contribution in [0.4, 0.5) is 0 Å². The number of carbonyl (C=O) groups is 1. The third-order valence-corrected chi connectivity index (χ3v) is 2.99. The monoisotopic (exact) mass is 251 g/mol. The number of halogens is 1. The van der Waals surface area contributed by atoms with Crippen LogP contribution in [0.3, 0.4) is 0 Å². The van der Waals surface area contributed by atoms with Crippen molar-refractivity contribution in [2.75, 3.05) is 0 Å². The van der Waals surface area contributed by atoms with Crippen LogP contribution in [0.25, 0.3) is 10.9 Å². The molecule has 0 aliphatic rings. The molecular weight excluding hydrogens is 242 g/mol. The van der Waals surface area contributed by atoms with Crippen LogP contribution in [0.5, 0.6) is 0 Å². The number of fused-ring (bicyclic) bond motifs is 1. The normalized spacial score (nSPS) is 10.7. The fourth-order valence-electron chi connectivity index (χ4n) is 1.94. The van der Waals surface area contributed by atoms with Crippen molar-refractivity contribution < 1.29 is 9.90 Å². The van der Waals surface area contributed by atoms with Gasteiger partial charge in [0.05, 0.1) is 10.5 Å². The van der Waals surface area contributed by atoms with Crippen molar-refractivity contribution in [3.63, 3.8) is 0 Å². The Kier molecular flexibility index (Phi) is 2.90. The summed E-state index contributed by atoms with van der Waals surface area (Å²) in [6.45, 7) is 1.81. The number of aryl methyl sites for hydroxylation is 1. The van der Waals surface area contributed by atoms with Crippen LogP contribution < -0.4 is 5.56 Å². The van der Waals surface area contributed by atoms with Gasteiger partial charge in [0.15, 0.2) is 0 Å². The van der Waals surface area contributed by atoms with Crippen LogP contribution in [-0.2, 0) is 6.42 Å². The molecule has 0 atom stereocenters. The number of carboxylic acids is 1. The number of benzene rings is 1. The summed E-state index contributed by atoms with van der Waals surface area (Å²) in [6, 6.07) is 5.13. The van der Waals surface area contributed by atoms with E-state index in [2.05, 4.69) is 4.98 Å². The first-order chi connectivity index (χ1) is 8.06. The number of aromatic nitrogens is 1. The molecule has 1 heterocycles. The molecule has 0 fully saturated rings. The second-order valence-corrected chi connectivity index (χ2v) is 4.04. The third kappa shape index (κ3) is 1.80. The molecule has 0 aliphatic heterocycles. The van der Waals surface area contributed by atoms with Crippen LogP contribution >= 0.6 is 11.6 Å². The van der Waals surface area contributed by atoms with Gasteiger partial charge < -0.3 is 10.1 Å². The second kappa shape index (κ2) is 4.22. The highest BCUT2D eigenvalue weighted by atomic mass is 35.5. The van der Waals surface area contributed by atoms with Crippen LogP contribution in [0.2, 0.25) is 5.02 Å². The van der Waals surface area contributed by atoms with Crippen molar-refractivity contribution in [2.45, 2.75) is 13.3 Å². The van der Waals surface area contributed by atoms with E-state index in [1.165, 1.54) is 0 Å². The summed E-state index contributed by atoms with van der Waals surface area (Å²) in [7, 11) is 0. The molecule has 0 unspecified atom stereocenters. The van der Waals surface area contributed by atoms with E-state index in [4.69, 9.17) is 16.7 Å². The lowest BCUT2D eigenvalue weighted by Gasteiger charge is -2.08. The van der Waals surface area contributed by atoms with E-state index in [1.807, 2.05) is 6.92 Å². The molecule has 17 heavy (non-hydrogen) atoms. The maximum Gasteiger partial charge on any atom is 0.341 e. The average molecular weight is 252 g/mol. The summed E-state index contributed by atoms with van der Waals surface area (Å²) in [5.74, 6) is -1.22. The van der Waals surface area contributed by atoms with E-state index in [0.29, 0.717) is 27.9 Å². The molecule has 88 valence electrons. The van der Waals surface area contributed by atoms with E-state index in [1.54, 1.807) is 18.2 Å². The molecule has 0 saturated carbocycles. The molecule has 4 nitrogen and oxygen atoms in total. The number of carboxylic acid groups (broad SMARTS) is 1. The van der Waals surface area contributed by atoms with Crippen LogP contribution in [0.15, 0.2) is 23.0 Å². The lowest BCUT2D eigenvalue weighted by atomic mass is 10.0. The maximum atomic E-state index is 11.7. The highest BCUT2D eigenvalue weighted by Gasteiger charge is 2.17. The maximum absolute atomic E-state index is 11.7. The van der Waals surface area contributed by atoms with Gasteiger partial charge in [-0.2, -0.15) is 0 Å². The summed E-state index contributed by atoms with van der Waals surface area (Å²) in [5, 5.41) is 10.1. The zero-order valence-corrected chi connectivity index (χ0v) is 9.84. The van der Waals surface area contributed by atoms with Crippen molar-refractivity contribution in [1.82, 2.24) is 4.98 Å². The largest absolute Gasteiger partial charge is 0.477 e. The first-order valence-corrected chi connectivity index (χ1v) is 5.50. The SMILES string of the molecule is CCc1c(C(=O)O)c(=O)[nH]c2c(Cl)cccc12. The molecule has 1 aromatic heterocycles. The van der Waals surface area contributed by atoms with Gasteiger partial charge in [-0.1, -0.05) is 30.7 Å². The number of pyridine rings is 1. The molecule has 5 heteroatoms. The van der Waals surface area contributed by atoms with Crippen molar-refractivity contribution >= 4 is 28.5 Å². The lowest BCUT2D eigenvalue weighted by molar-refractivity contribution is 0.0694. The Bertz CT molecular complexity index is 661. The molecule has 0 saturated heterocycles. The molecule has 0 amide bonds. The minimum atomic E-state index is -1.22. The number of hydrogen-bond acceptors (Lipinski definition) is 2. The van der Waals surface area contributed by atoms with Crippen LogP contribution in [-0.4, -0.2) is 16.1 Å². The van der Waals surface area contributed by atoms with Gasteiger partial charge in [-0.3, -0.25) is 4.79 Å². The third-order valence-electron chi connectivity index (χ3n) is 2.67. The molecule has 0 bridgehead atoms. The summed E-state index contributed by atoms with van der Waals surface area (Å²) >= 11 is 5.97. The summed E-state index contributed by atoms with van der Waals surface area (Å²) in [6.07, 6.45) is 0.461. The number of H-pyrrole nitrogens is 1. The van der Waals surface area contributed by atoms with Gasteiger partial charge in [0.1, 0.15) is 5.56 Å². The Balaban J connectivity index is 3.01. The molecule has 2 aromatic rings. The number of rotatable bonds is 2. The lowest BCUT2D eigenvalue weighted by Crippen LogP contribution is -2.20. The van der Waals surface area contributed by atoms with Gasteiger partial charge in [0.2, 0.25) is 0 Å². The van der Waals surface area contributed by atoms with Crippen molar-refractivity contribution in [3.05, 3.63) is 44.7 Å². The van der Waals surface area contributed by atoms with Gasteiger partial charge in [0.25, 0.3) is 5.56 Å². The topological polar surface area (TPSA) is 70.2 Å². The van der Waals surface area contributed by atoms with E-state index in [0.717, 1.165) is 0 Å². The molecule has 0 spiro atoms. The molecule has 1 aromatic carbocycles. The van der Waals surface area contributed by atoms with Crippen LogP contribution in [0.1, 0.15) is 22.8 Å². The predicted octanol–water partition coefficient (Wildman–Crippen LogP) is 2.44. The predicted molar refractivity (Wildman–Crippen MR) is 65.9 cm³/mol. The molecule has 0 radical (unpaired) electrons. The Morgan fingerprint density at radius 3 is 2.76 bits per heavy atom. The fraction of sp³-hybridized carbons (Fsp3) is 0.167. The van der Waals surface area contributed by atoms with E-state index in [9.17, 15) is 9.59 Å². The Morgan fingerprint density at radius 2 is 2.18 bits per heavy atom. The van der Waals surface area contributed by atoms with Crippen molar-refractivity contribution in [3.8, 4) is 0 Å². The first kappa shape index (κ1) is 11.7. The van der Waals surface area contributed by atoms with Gasteiger partial charge >= 0.3 is 5.97 Å². The fourth-order valence-corrected chi connectivity index (χ4v) is 2.17. The average Bonchev–Trinajstić information content (AvgIpc) is 2.28. The zero-order valence-electron chi connectivity index (χ0n) is 9.08. The minimum Gasteiger partial charge on any atom is -0.477 e. The first-order valence-electron chi connectivity index (χ1n) is 5.13. The standard InChI is InChI=1S/C12H10ClNO3/c1-2-6-7-4-3-5-8(13)10(7)14-11(15)9(6)12(16)17/h3-5H,2H2,1H3,(H,14,15)(H,16,17). The molecular formula is C12H10ClNO3. The molecule has 0 aliphatic carbocycles. The Morgan fingerprint density at radius 1 is 1.47 bits per heavy atom. The smallest absolute Gasteiger partial charge is 0.341 e. The quantitative estimate of drug-likeness (QED) is 0.861.